The minimum absolute atomic E-state index is 0.127. The van der Waals surface area contributed by atoms with Crippen LogP contribution in [0.3, 0.4) is 0 Å². The Hall–Kier alpha value is -2.55. The van der Waals surface area contributed by atoms with Crippen LogP contribution in [0.15, 0.2) is 35.4 Å². The van der Waals surface area contributed by atoms with E-state index >= 15 is 0 Å². The lowest BCUT2D eigenvalue weighted by molar-refractivity contribution is -0.102. The lowest BCUT2D eigenvalue weighted by Gasteiger charge is -2.44. The van der Waals surface area contributed by atoms with E-state index in [4.69, 9.17) is 22.1 Å². The summed E-state index contributed by atoms with van der Waals surface area (Å²) in [4.78, 5) is 28.0. The van der Waals surface area contributed by atoms with Crippen LogP contribution in [0.25, 0.3) is 5.65 Å². The zero-order valence-corrected chi connectivity index (χ0v) is 16.6. The highest BCUT2D eigenvalue weighted by molar-refractivity contribution is 6.30. The SMILES string of the molecule is Nc1ncc2c(n1)C1(CCN(Cc3cc(=O)n4cc(Cl)ccc4n3)CC1)OCC2. The average molecular weight is 413 g/mol. The largest absolute Gasteiger partial charge is 0.368 e. The second-order valence-corrected chi connectivity index (χ2v) is 8.07. The molecular formula is C20H21ClN6O2. The zero-order chi connectivity index (χ0) is 20.0. The van der Waals surface area contributed by atoms with Crippen molar-refractivity contribution in [2.24, 2.45) is 0 Å². The maximum absolute atomic E-state index is 12.4. The van der Waals surface area contributed by atoms with Gasteiger partial charge in [-0.25, -0.2) is 15.0 Å². The van der Waals surface area contributed by atoms with Crippen LogP contribution in [0.1, 0.15) is 29.8 Å². The molecule has 1 fully saturated rings. The number of nitrogens with zero attached hydrogens (tertiary/aromatic N) is 5. The molecule has 0 amide bonds. The summed E-state index contributed by atoms with van der Waals surface area (Å²) in [6.45, 7) is 2.94. The highest BCUT2D eigenvalue weighted by atomic mass is 35.5. The van der Waals surface area contributed by atoms with Crippen molar-refractivity contribution in [2.45, 2.75) is 31.4 Å². The van der Waals surface area contributed by atoms with E-state index in [0.29, 0.717) is 23.8 Å². The molecule has 3 aromatic rings. The second-order valence-electron chi connectivity index (χ2n) is 7.63. The number of nitrogen functional groups attached to an aromatic ring is 1. The van der Waals surface area contributed by atoms with Crippen LogP contribution in [-0.2, 0) is 23.3 Å². The van der Waals surface area contributed by atoms with E-state index in [2.05, 4.69) is 19.9 Å². The van der Waals surface area contributed by atoms with Crippen LogP contribution in [0.2, 0.25) is 5.02 Å². The van der Waals surface area contributed by atoms with Gasteiger partial charge in [-0.15, -0.1) is 0 Å². The topological polar surface area (TPSA) is 98.6 Å². The molecule has 29 heavy (non-hydrogen) atoms. The summed E-state index contributed by atoms with van der Waals surface area (Å²) in [6.07, 6.45) is 5.87. The summed E-state index contributed by atoms with van der Waals surface area (Å²) >= 11 is 5.98. The maximum Gasteiger partial charge on any atom is 0.258 e. The average Bonchev–Trinajstić information content (AvgIpc) is 2.71. The third-order valence-electron chi connectivity index (χ3n) is 5.79. The smallest absolute Gasteiger partial charge is 0.258 e. The minimum Gasteiger partial charge on any atom is -0.368 e. The van der Waals surface area contributed by atoms with E-state index in [1.54, 1.807) is 24.4 Å². The van der Waals surface area contributed by atoms with Crippen molar-refractivity contribution in [3.8, 4) is 0 Å². The molecule has 5 heterocycles. The van der Waals surface area contributed by atoms with Crippen LogP contribution in [-0.4, -0.2) is 43.9 Å². The molecule has 2 N–H and O–H groups in total. The summed E-state index contributed by atoms with van der Waals surface area (Å²) in [6, 6.07) is 5.08. The van der Waals surface area contributed by atoms with Crippen LogP contribution in [0, 0.1) is 0 Å². The lowest BCUT2D eigenvalue weighted by atomic mass is 9.83. The molecule has 0 atom stereocenters. The molecule has 0 radical (unpaired) electrons. The van der Waals surface area contributed by atoms with Gasteiger partial charge in [0, 0.05) is 38.1 Å². The molecule has 8 nitrogen and oxygen atoms in total. The molecule has 5 rings (SSSR count). The first-order valence-electron chi connectivity index (χ1n) is 9.68. The number of nitrogens with two attached hydrogens (primary N) is 1. The molecule has 2 aliphatic heterocycles. The maximum atomic E-state index is 12.4. The molecule has 1 spiro atoms. The molecule has 9 heteroatoms. The van der Waals surface area contributed by atoms with E-state index in [1.807, 2.05) is 6.20 Å². The Bertz CT molecular complexity index is 1140. The number of aromatic nitrogens is 4. The van der Waals surface area contributed by atoms with Crippen molar-refractivity contribution in [1.29, 1.82) is 0 Å². The van der Waals surface area contributed by atoms with Gasteiger partial charge >= 0.3 is 0 Å². The second kappa shape index (κ2) is 7.05. The summed E-state index contributed by atoms with van der Waals surface area (Å²) < 4.78 is 7.69. The molecule has 0 aliphatic carbocycles. The van der Waals surface area contributed by atoms with Gasteiger partial charge in [0.2, 0.25) is 5.95 Å². The van der Waals surface area contributed by atoms with E-state index < -0.39 is 5.60 Å². The Morgan fingerprint density at radius 3 is 2.90 bits per heavy atom. The van der Waals surface area contributed by atoms with Gasteiger partial charge in [-0.2, -0.15) is 0 Å². The predicted molar refractivity (Wildman–Crippen MR) is 109 cm³/mol. The zero-order valence-electron chi connectivity index (χ0n) is 15.8. The molecule has 0 unspecified atom stereocenters. The van der Waals surface area contributed by atoms with Crippen molar-refractivity contribution in [3.05, 3.63) is 62.9 Å². The third kappa shape index (κ3) is 3.37. The van der Waals surface area contributed by atoms with Gasteiger partial charge in [-0.05, 0) is 37.0 Å². The van der Waals surface area contributed by atoms with E-state index in [9.17, 15) is 4.79 Å². The van der Waals surface area contributed by atoms with Gasteiger partial charge in [0.15, 0.2) is 0 Å². The van der Waals surface area contributed by atoms with Crippen molar-refractivity contribution >= 4 is 23.2 Å². The number of rotatable bonds is 2. The number of hydrogen-bond acceptors (Lipinski definition) is 7. The Kier molecular flexibility index (Phi) is 4.49. The first-order valence-corrected chi connectivity index (χ1v) is 10.1. The fraction of sp³-hybridized carbons (Fsp3) is 0.400. The fourth-order valence-corrected chi connectivity index (χ4v) is 4.47. The summed E-state index contributed by atoms with van der Waals surface area (Å²) in [5.74, 6) is 0.289. The molecule has 150 valence electrons. The molecule has 1 saturated heterocycles. The third-order valence-corrected chi connectivity index (χ3v) is 6.01. The van der Waals surface area contributed by atoms with Gasteiger partial charge in [0.1, 0.15) is 11.2 Å². The lowest BCUT2D eigenvalue weighted by Crippen LogP contribution is -2.47. The van der Waals surface area contributed by atoms with E-state index in [0.717, 1.165) is 49.3 Å². The first kappa shape index (κ1) is 18.5. The van der Waals surface area contributed by atoms with Crippen LogP contribution in [0.5, 0.6) is 0 Å². The molecule has 0 aromatic carbocycles. The van der Waals surface area contributed by atoms with Crippen molar-refractivity contribution < 1.29 is 4.74 Å². The van der Waals surface area contributed by atoms with E-state index in [1.165, 1.54) is 4.40 Å². The number of piperidine rings is 1. The molecule has 0 saturated carbocycles. The molecular weight excluding hydrogens is 392 g/mol. The normalized spacial score (nSPS) is 18.8. The van der Waals surface area contributed by atoms with Gasteiger partial charge in [-0.1, -0.05) is 11.6 Å². The highest BCUT2D eigenvalue weighted by Gasteiger charge is 2.42. The minimum atomic E-state index is -0.395. The molecule has 3 aromatic heterocycles. The summed E-state index contributed by atoms with van der Waals surface area (Å²) in [5.41, 5.74) is 8.73. The molecule has 2 aliphatic rings. The Labute approximate surface area is 172 Å². The summed E-state index contributed by atoms with van der Waals surface area (Å²) in [7, 11) is 0. The van der Waals surface area contributed by atoms with Gasteiger partial charge in [-0.3, -0.25) is 14.1 Å². The fourth-order valence-electron chi connectivity index (χ4n) is 4.31. The number of anilines is 1. The number of likely N-dealkylation sites (tertiary alicyclic amines) is 1. The Morgan fingerprint density at radius 2 is 2.07 bits per heavy atom. The van der Waals surface area contributed by atoms with Crippen molar-refractivity contribution in [1.82, 2.24) is 24.3 Å². The Morgan fingerprint density at radius 1 is 1.24 bits per heavy atom. The van der Waals surface area contributed by atoms with Crippen molar-refractivity contribution in [2.75, 3.05) is 25.4 Å². The van der Waals surface area contributed by atoms with Crippen LogP contribution >= 0.6 is 11.6 Å². The number of fused-ring (bicyclic) bond motifs is 3. The quantitative estimate of drug-likeness (QED) is 0.684. The number of ether oxygens (including phenoxy) is 1. The molecule has 0 bridgehead atoms. The van der Waals surface area contributed by atoms with E-state index in [-0.39, 0.29) is 11.5 Å². The number of hydrogen-bond donors (Lipinski definition) is 1. The monoisotopic (exact) mass is 412 g/mol. The first-order chi connectivity index (χ1) is 14.0. The van der Waals surface area contributed by atoms with Gasteiger partial charge in [0.05, 0.1) is 23.0 Å². The van der Waals surface area contributed by atoms with Gasteiger partial charge < -0.3 is 10.5 Å². The number of halogens is 1. The predicted octanol–water partition coefficient (Wildman–Crippen LogP) is 1.78. The summed E-state index contributed by atoms with van der Waals surface area (Å²) in [5, 5.41) is 0.507. The highest BCUT2D eigenvalue weighted by Crippen LogP contribution is 2.40. The van der Waals surface area contributed by atoms with Crippen molar-refractivity contribution in [3.63, 3.8) is 0 Å². The van der Waals surface area contributed by atoms with Crippen LogP contribution < -0.4 is 11.3 Å². The standard InChI is InChI=1S/C20H21ClN6O2/c21-14-1-2-16-24-15(9-17(28)27(16)11-14)12-26-6-4-20(5-7-26)18-13(3-8-29-20)10-23-19(22)25-18/h1-2,9-11H,3-8,12H2,(H2,22,23,25). The number of pyridine rings is 1. The van der Waals surface area contributed by atoms with Gasteiger partial charge in [0.25, 0.3) is 5.56 Å². The Balaban J connectivity index is 1.35. The van der Waals surface area contributed by atoms with Crippen LogP contribution in [0.4, 0.5) is 5.95 Å².